The zero-order valence-corrected chi connectivity index (χ0v) is 29.0. The number of hydrogen-bond donors (Lipinski definition) is 2. The van der Waals surface area contributed by atoms with Crippen LogP contribution in [0.2, 0.25) is 25.7 Å². The Morgan fingerprint density at radius 3 is 2.35 bits per heavy atom. The van der Waals surface area contributed by atoms with Gasteiger partial charge in [0.1, 0.15) is 35.7 Å². The zero-order valence-electron chi connectivity index (χ0n) is 28.0. The minimum absolute atomic E-state index is 0.125. The van der Waals surface area contributed by atoms with Gasteiger partial charge in [-0.25, -0.2) is 14.8 Å². The summed E-state index contributed by atoms with van der Waals surface area (Å²) in [6, 6.07) is 10.7. The van der Waals surface area contributed by atoms with E-state index in [0.717, 1.165) is 47.2 Å². The van der Waals surface area contributed by atoms with Gasteiger partial charge in [-0.1, -0.05) is 31.8 Å². The average Bonchev–Trinajstić information content (AvgIpc) is 3.37. The second kappa shape index (κ2) is 13.7. The number of carbonyl (C=O) groups is 2. The van der Waals surface area contributed by atoms with Gasteiger partial charge in [-0.3, -0.25) is 4.79 Å². The zero-order chi connectivity index (χ0) is 33.1. The Balaban J connectivity index is 1.32. The fourth-order valence-electron chi connectivity index (χ4n) is 5.57. The molecule has 250 valence electrons. The van der Waals surface area contributed by atoms with E-state index in [4.69, 9.17) is 14.2 Å². The first-order valence-electron chi connectivity index (χ1n) is 16.1. The van der Waals surface area contributed by atoms with E-state index in [1.807, 2.05) is 45.0 Å². The topological polar surface area (TPSA) is 131 Å². The molecule has 4 heterocycles. The SMILES string of the molecule is CC(C)(C)OC(=O)N1CCC(O)(C(=O)Nc2ccc(-c3cc4c(N5CCOCC5)ncnc4n3COCC[Si](C)(C)C)cc2)CC1. The van der Waals surface area contributed by atoms with Gasteiger partial charge >= 0.3 is 6.09 Å². The Morgan fingerprint density at radius 1 is 1.04 bits per heavy atom. The number of likely N-dealkylation sites (tertiary alicyclic amines) is 1. The number of morpholine rings is 1. The number of nitrogens with zero attached hydrogens (tertiary/aromatic N) is 5. The third-order valence-electron chi connectivity index (χ3n) is 8.30. The maximum Gasteiger partial charge on any atom is 0.410 e. The predicted molar refractivity (Wildman–Crippen MR) is 181 cm³/mol. The van der Waals surface area contributed by atoms with Crippen molar-refractivity contribution in [1.82, 2.24) is 19.4 Å². The highest BCUT2D eigenvalue weighted by atomic mass is 28.3. The summed E-state index contributed by atoms with van der Waals surface area (Å²) in [7, 11) is -1.25. The van der Waals surface area contributed by atoms with E-state index in [1.165, 1.54) is 4.90 Å². The van der Waals surface area contributed by atoms with Crippen molar-refractivity contribution in [2.75, 3.05) is 56.2 Å². The van der Waals surface area contributed by atoms with E-state index in [9.17, 15) is 14.7 Å². The number of benzene rings is 1. The molecule has 13 heteroatoms. The third-order valence-corrected chi connectivity index (χ3v) is 10.0. The number of hydrogen-bond acceptors (Lipinski definition) is 9. The molecule has 5 rings (SSSR count). The lowest BCUT2D eigenvalue weighted by Crippen LogP contribution is -2.53. The number of nitrogens with one attached hydrogen (secondary N) is 1. The molecule has 1 aromatic carbocycles. The molecule has 0 saturated carbocycles. The lowest BCUT2D eigenvalue weighted by Gasteiger charge is -2.37. The molecule has 0 unspecified atom stereocenters. The first kappa shape index (κ1) is 33.8. The van der Waals surface area contributed by atoms with Crippen molar-refractivity contribution in [3.05, 3.63) is 36.7 Å². The Kier molecular flexibility index (Phi) is 10.1. The van der Waals surface area contributed by atoms with Crippen LogP contribution in [0.5, 0.6) is 0 Å². The van der Waals surface area contributed by atoms with Gasteiger partial charge in [0, 0.05) is 59.4 Å². The summed E-state index contributed by atoms with van der Waals surface area (Å²) in [6.07, 6.45) is 1.42. The first-order chi connectivity index (χ1) is 21.7. The maximum atomic E-state index is 13.2. The lowest BCUT2D eigenvalue weighted by molar-refractivity contribution is -0.138. The molecule has 2 amide bonds. The van der Waals surface area contributed by atoms with Crippen LogP contribution in [0.25, 0.3) is 22.3 Å². The van der Waals surface area contributed by atoms with Crippen molar-refractivity contribution < 1.29 is 28.9 Å². The van der Waals surface area contributed by atoms with Crippen molar-refractivity contribution in [3.63, 3.8) is 0 Å². The second-order valence-corrected chi connectivity index (χ2v) is 20.0. The highest BCUT2D eigenvalue weighted by molar-refractivity contribution is 6.76. The number of rotatable bonds is 9. The van der Waals surface area contributed by atoms with Crippen LogP contribution in [0, 0.1) is 0 Å². The summed E-state index contributed by atoms with van der Waals surface area (Å²) < 4.78 is 19.3. The third kappa shape index (κ3) is 8.24. The fraction of sp³-hybridized carbons (Fsp3) is 0.576. The number of carbonyl (C=O) groups excluding carboxylic acids is 2. The van der Waals surface area contributed by atoms with Crippen LogP contribution in [-0.2, 0) is 25.7 Å². The van der Waals surface area contributed by atoms with Crippen molar-refractivity contribution in [3.8, 4) is 11.3 Å². The van der Waals surface area contributed by atoms with Crippen molar-refractivity contribution in [2.45, 2.75) is 77.2 Å². The highest BCUT2D eigenvalue weighted by Crippen LogP contribution is 2.33. The number of anilines is 2. The molecule has 2 saturated heterocycles. The van der Waals surface area contributed by atoms with Gasteiger partial charge in [-0.15, -0.1) is 0 Å². The fourth-order valence-corrected chi connectivity index (χ4v) is 6.32. The quantitative estimate of drug-likeness (QED) is 0.244. The number of ether oxygens (including phenoxy) is 3. The molecule has 12 nitrogen and oxygen atoms in total. The number of aromatic nitrogens is 3. The molecule has 2 aliphatic heterocycles. The summed E-state index contributed by atoms with van der Waals surface area (Å²) in [5.41, 5.74) is 1.05. The van der Waals surface area contributed by atoms with E-state index in [-0.39, 0.29) is 25.9 Å². The maximum absolute atomic E-state index is 13.2. The van der Waals surface area contributed by atoms with Crippen LogP contribution in [-0.4, -0.2) is 102 Å². The minimum atomic E-state index is -1.58. The average molecular weight is 653 g/mol. The van der Waals surface area contributed by atoms with Gasteiger partial charge < -0.3 is 39.0 Å². The van der Waals surface area contributed by atoms with Crippen molar-refractivity contribution in [2.24, 2.45) is 0 Å². The van der Waals surface area contributed by atoms with E-state index in [2.05, 4.69) is 50.5 Å². The highest BCUT2D eigenvalue weighted by Gasteiger charge is 2.41. The van der Waals surface area contributed by atoms with Crippen molar-refractivity contribution >= 4 is 42.6 Å². The van der Waals surface area contributed by atoms with E-state index >= 15 is 0 Å². The molecular weight excluding hydrogens is 604 g/mol. The Morgan fingerprint density at radius 2 is 1.72 bits per heavy atom. The number of aliphatic hydroxyl groups is 1. The van der Waals surface area contributed by atoms with E-state index in [0.29, 0.717) is 32.2 Å². The normalized spacial score (nSPS) is 17.3. The summed E-state index contributed by atoms with van der Waals surface area (Å²) in [5.74, 6) is 0.393. The van der Waals surface area contributed by atoms with E-state index in [1.54, 1.807) is 6.33 Å². The molecule has 0 aliphatic carbocycles. The predicted octanol–water partition coefficient (Wildman–Crippen LogP) is 4.95. The molecule has 2 fully saturated rings. The summed E-state index contributed by atoms with van der Waals surface area (Å²) >= 11 is 0. The molecule has 2 aliphatic rings. The molecule has 46 heavy (non-hydrogen) atoms. The van der Waals surface area contributed by atoms with Gasteiger partial charge in [0.05, 0.1) is 24.3 Å². The number of amides is 2. The van der Waals surface area contributed by atoms with Crippen LogP contribution in [0.15, 0.2) is 36.7 Å². The summed E-state index contributed by atoms with van der Waals surface area (Å²) in [6.45, 7) is 16.8. The van der Waals surface area contributed by atoms with Crippen molar-refractivity contribution in [1.29, 1.82) is 0 Å². The van der Waals surface area contributed by atoms with Gasteiger partial charge in [0.25, 0.3) is 5.91 Å². The van der Waals surface area contributed by atoms with Crippen LogP contribution < -0.4 is 10.2 Å². The second-order valence-electron chi connectivity index (χ2n) is 14.4. The molecule has 3 aromatic rings. The largest absolute Gasteiger partial charge is 0.444 e. The van der Waals surface area contributed by atoms with Crippen LogP contribution in [0.1, 0.15) is 33.6 Å². The van der Waals surface area contributed by atoms with Crippen LogP contribution in [0.4, 0.5) is 16.3 Å². The van der Waals surface area contributed by atoms with E-state index < -0.39 is 31.3 Å². The molecule has 0 radical (unpaired) electrons. The van der Waals surface area contributed by atoms with Gasteiger partial charge in [0.2, 0.25) is 0 Å². The molecular formula is C33H48N6O6Si. The molecule has 0 spiro atoms. The number of piperidine rings is 1. The van der Waals surface area contributed by atoms with Crippen LogP contribution >= 0.6 is 0 Å². The summed E-state index contributed by atoms with van der Waals surface area (Å²) in [5, 5.41) is 15.0. The number of fused-ring (bicyclic) bond motifs is 1. The summed E-state index contributed by atoms with van der Waals surface area (Å²) in [4.78, 5) is 38.7. The molecule has 2 N–H and O–H groups in total. The molecule has 2 aromatic heterocycles. The standard InChI is InChI=1S/C33H48N6O6Si/c1-32(2,3)45-31(41)38-13-11-33(42,12-14-38)30(40)36-25-9-7-24(8-10-25)27-21-26-28(37-15-17-43-18-16-37)34-22-35-29(26)39(27)23-44-19-20-46(4,5)6/h7-10,21-22,42H,11-20,23H2,1-6H3,(H,36,40). The Hall–Kier alpha value is -3.52. The van der Waals surface area contributed by atoms with Crippen LogP contribution in [0.3, 0.4) is 0 Å². The monoisotopic (exact) mass is 652 g/mol. The first-order valence-corrected chi connectivity index (χ1v) is 19.8. The van der Waals surface area contributed by atoms with Gasteiger partial charge in [0.15, 0.2) is 0 Å². The lowest BCUT2D eigenvalue weighted by atomic mass is 9.90. The Bertz CT molecular complexity index is 1520. The Labute approximate surface area is 272 Å². The molecule has 0 bridgehead atoms. The van der Waals surface area contributed by atoms with Gasteiger partial charge in [-0.05, 0) is 50.6 Å². The smallest absolute Gasteiger partial charge is 0.410 e. The molecule has 0 atom stereocenters. The van der Waals surface area contributed by atoms with Gasteiger partial charge in [-0.2, -0.15) is 0 Å². The minimum Gasteiger partial charge on any atom is -0.444 e.